The number of benzene rings is 2. The van der Waals surface area contributed by atoms with Crippen molar-refractivity contribution in [2.24, 2.45) is 0 Å². The smallest absolute Gasteiger partial charge is 0.267 e. The first-order valence-corrected chi connectivity index (χ1v) is 8.26. The van der Waals surface area contributed by atoms with Crippen molar-refractivity contribution in [1.29, 1.82) is 0 Å². The number of carbonyl (C=O) groups excluding carboxylic acids is 1. The molecule has 4 nitrogen and oxygen atoms in total. The molecule has 120 valence electrons. The van der Waals surface area contributed by atoms with Crippen LogP contribution in [0.1, 0.15) is 15.9 Å². The first-order chi connectivity index (χ1) is 11.5. The molecule has 0 amide bonds. The number of aryl methyl sites for hydroxylation is 1. The molecular formula is C19H15BrN2O2. The van der Waals surface area contributed by atoms with E-state index in [4.69, 9.17) is 0 Å². The second-order valence-corrected chi connectivity index (χ2v) is 6.43. The molecule has 0 aliphatic rings. The zero-order valence-electron chi connectivity index (χ0n) is 13.1. The average molecular weight is 383 g/mol. The summed E-state index contributed by atoms with van der Waals surface area (Å²) in [6, 6.07) is 18.0. The molecular weight excluding hydrogens is 368 g/mol. The maximum Gasteiger partial charge on any atom is 0.267 e. The SMILES string of the molecule is Cc1ccc(C(=O)Cn2nc(-c3cccc(Br)c3)ccc2=O)cc1. The van der Waals surface area contributed by atoms with Gasteiger partial charge in [-0.05, 0) is 25.1 Å². The number of rotatable bonds is 4. The van der Waals surface area contributed by atoms with Crippen molar-refractivity contribution in [2.45, 2.75) is 13.5 Å². The number of aromatic nitrogens is 2. The summed E-state index contributed by atoms with van der Waals surface area (Å²) in [7, 11) is 0. The molecule has 1 heterocycles. The Labute approximate surface area is 147 Å². The van der Waals surface area contributed by atoms with Crippen LogP contribution in [0.3, 0.4) is 0 Å². The number of halogens is 1. The number of Topliss-reactive ketones (excluding diaryl/α,β-unsaturated/α-hetero) is 1. The third-order valence-electron chi connectivity index (χ3n) is 3.65. The van der Waals surface area contributed by atoms with Crippen molar-refractivity contribution in [1.82, 2.24) is 9.78 Å². The molecule has 0 N–H and O–H groups in total. The molecule has 3 rings (SSSR count). The monoisotopic (exact) mass is 382 g/mol. The van der Waals surface area contributed by atoms with Crippen molar-refractivity contribution in [2.75, 3.05) is 0 Å². The summed E-state index contributed by atoms with van der Waals surface area (Å²) in [4.78, 5) is 24.4. The van der Waals surface area contributed by atoms with Gasteiger partial charge < -0.3 is 0 Å². The van der Waals surface area contributed by atoms with Gasteiger partial charge in [-0.2, -0.15) is 5.10 Å². The third-order valence-corrected chi connectivity index (χ3v) is 4.15. The second-order valence-electron chi connectivity index (χ2n) is 5.51. The lowest BCUT2D eigenvalue weighted by Gasteiger charge is -2.07. The van der Waals surface area contributed by atoms with E-state index in [-0.39, 0.29) is 17.9 Å². The van der Waals surface area contributed by atoms with Crippen LogP contribution in [0.15, 0.2) is 69.9 Å². The Morgan fingerprint density at radius 3 is 2.54 bits per heavy atom. The average Bonchev–Trinajstić information content (AvgIpc) is 2.57. The maximum atomic E-state index is 12.4. The van der Waals surface area contributed by atoms with E-state index in [1.54, 1.807) is 18.2 Å². The molecule has 0 spiro atoms. The van der Waals surface area contributed by atoms with Crippen molar-refractivity contribution < 1.29 is 4.79 Å². The van der Waals surface area contributed by atoms with Crippen LogP contribution in [-0.4, -0.2) is 15.6 Å². The molecule has 2 aromatic carbocycles. The van der Waals surface area contributed by atoms with Crippen LogP contribution in [0.5, 0.6) is 0 Å². The lowest BCUT2D eigenvalue weighted by atomic mass is 10.1. The minimum Gasteiger partial charge on any atom is -0.292 e. The van der Waals surface area contributed by atoms with Crippen LogP contribution in [0.4, 0.5) is 0 Å². The predicted octanol–water partition coefficient (Wildman–Crippen LogP) is 3.86. The topological polar surface area (TPSA) is 52.0 Å². The number of carbonyl (C=O) groups is 1. The quantitative estimate of drug-likeness (QED) is 0.643. The molecule has 0 aliphatic carbocycles. The van der Waals surface area contributed by atoms with Gasteiger partial charge in [-0.25, -0.2) is 4.68 Å². The van der Waals surface area contributed by atoms with Gasteiger partial charge in [0.1, 0.15) is 6.54 Å². The first-order valence-electron chi connectivity index (χ1n) is 7.47. The third kappa shape index (κ3) is 3.68. The minimum atomic E-state index is -0.297. The lowest BCUT2D eigenvalue weighted by molar-refractivity contribution is 0.0966. The molecule has 24 heavy (non-hydrogen) atoms. The highest BCUT2D eigenvalue weighted by molar-refractivity contribution is 9.10. The highest BCUT2D eigenvalue weighted by Crippen LogP contribution is 2.20. The second kappa shape index (κ2) is 6.93. The zero-order valence-corrected chi connectivity index (χ0v) is 14.7. The summed E-state index contributed by atoms with van der Waals surface area (Å²) >= 11 is 3.42. The van der Waals surface area contributed by atoms with E-state index >= 15 is 0 Å². The fourth-order valence-electron chi connectivity index (χ4n) is 2.33. The molecule has 0 bridgehead atoms. The van der Waals surface area contributed by atoms with Crippen LogP contribution in [0.25, 0.3) is 11.3 Å². The van der Waals surface area contributed by atoms with E-state index in [2.05, 4.69) is 21.0 Å². The molecule has 0 unspecified atom stereocenters. The van der Waals surface area contributed by atoms with E-state index in [0.29, 0.717) is 11.3 Å². The number of nitrogens with zero attached hydrogens (tertiary/aromatic N) is 2. The maximum absolute atomic E-state index is 12.4. The molecule has 0 aliphatic heterocycles. The van der Waals surface area contributed by atoms with Crippen LogP contribution < -0.4 is 5.56 Å². The Kier molecular flexibility index (Phi) is 4.71. The summed E-state index contributed by atoms with van der Waals surface area (Å²) < 4.78 is 2.13. The Hall–Kier alpha value is -2.53. The summed E-state index contributed by atoms with van der Waals surface area (Å²) in [5.41, 5.74) is 2.88. The molecule has 0 saturated carbocycles. The molecule has 5 heteroatoms. The standard InChI is InChI=1S/C19H15BrN2O2/c1-13-5-7-14(8-6-13)18(23)12-22-19(24)10-9-17(21-22)15-3-2-4-16(20)11-15/h2-11H,12H2,1H3. The normalized spacial score (nSPS) is 10.6. The zero-order chi connectivity index (χ0) is 17.1. The van der Waals surface area contributed by atoms with Crippen LogP contribution in [0.2, 0.25) is 0 Å². The molecule has 1 aromatic heterocycles. The largest absolute Gasteiger partial charge is 0.292 e. The Morgan fingerprint density at radius 2 is 1.83 bits per heavy atom. The Balaban J connectivity index is 1.91. The molecule has 0 atom stereocenters. The summed E-state index contributed by atoms with van der Waals surface area (Å²) in [6.45, 7) is 1.88. The molecule has 3 aromatic rings. The van der Waals surface area contributed by atoms with Crippen LogP contribution in [0, 0.1) is 6.92 Å². The van der Waals surface area contributed by atoms with Gasteiger partial charge >= 0.3 is 0 Å². The number of ketones is 1. The van der Waals surface area contributed by atoms with Gasteiger partial charge in [-0.15, -0.1) is 0 Å². The number of hydrogen-bond acceptors (Lipinski definition) is 3. The van der Waals surface area contributed by atoms with E-state index < -0.39 is 0 Å². The fraction of sp³-hybridized carbons (Fsp3) is 0.105. The molecule has 0 saturated heterocycles. The number of hydrogen-bond donors (Lipinski definition) is 0. The van der Waals surface area contributed by atoms with Gasteiger partial charge in [-0.3, -0.25) is 9.59 Å². The van der Waals surface area contributed by atoms with Gasteiger partial charge in [-0.1, -0.05) is 57.9 Å². The van der Waals surface area contributed by atoms with Crippen LogP contribution >= 0.6 is 15.9 Å². The highest BCUT2D eigenvalue weighted by atomic mass is 79.9. The van der Waals surface area contributed by atoms with E-state index in [9.17, 15) is 9.59 Å². The molecule has 0 radical (unpaired) electrons. The van der Waals surface area contributed by atoms with Gasteiger partial charge in [0.05, 0.1) is 5.69 Å². The van der Waals surface area contributed by atoms with Crippen LogP contribution in [-0.2, 0) is 6.54 Å². The predicted molar refractivity (Wildman–Crippen MR) is 97.1 cm³/mol. The van der Waals surface area contributed by atoms with Crippen molar-refractivity contribution in [3.05, 3.63) is 86.6 Å². The van der Waals surface area contributed by atoms with Crippen molar-refractivity contribution in [3.63, 3.8) is 0 Å². The van der Waals surface area contributed by atoms with Gasteiger partial charge in [0.15, 0.2) is 5.78 Å². The highest BCUT2D eigenvalue weighted by Gasteiger charge is 2.10. The fourth-order valence-corrected chi connectivity index (χ4v) is 2.73. The van der Waals surface area contributed by atoms with E-state index in [1.807, 2.05) is 43.3 Å². The van der Waals surface area contributed by atoms with Gasteiger partial charge in [0.2, 0.25) is 0 Å². The van der Waals surface area contributed by atoms with Crippen molar-refractivity contribution >= 4 is 21.7 Å². The lowest BCUT2D eigenvalue weighted by Crippen LogP contribution is -2.26. The Morgan fingerprint density at radius 1 is 1.08 bits per heavy atom. The van der Waals surface area contributed by atoms with E-state index in [0.717, 1.165) is 15.6 Å². The minimum absolute atomic E-state index is 0.0796. The Bertz CT molecular complexity index is 946. The van der Waals surface area contributed by atoms with Crippen molar-refractivity contribution in [3.8, 4) is 11.3 Å². The van der Waals surface area contributed by atoms with Gasteiger partial charge in [0.25, 0.3) is 5.56 Å². The summed E-state index contributed by atoms with van der Waals surface area (Å²) in [5.74, 6) is -0.143. The van der Waals surface area contributed by atoms with Gasteiger partial charge in [0, 0.05) is 21.7 Å². The molecule has 0 fully saturated rings. The summed E-state index contributed by atoms with van der Waals surface area (Å²) in [5, 5.41) is 4.33. The van der Waals surface area contributed by atoms with E-state index in [1.165, 1.54) is 10.7 Å². The first kappa shape index (κ1) is 16.3. The summed E-state index contributed by atoms with van der Waals surface area (Å²) in [6.07, 6.45) is 0.